The number of carboxylic acid groups (broad SMARTS) is 1. The normalized spacial score (nSPS) is 11.0. The number of phenolic OH excluding ortho intramolecular Hbond substituents is 1. The van der Waals surface area contributed by atoms with Crippen LogP contribution in [0.4, 0.5) is 0 Å². The first kappa shape index (κ1) is 11.3. The summed E-state index contributed by atoms with van der Waals surface area (Å²) >= 11 is 0. The van der Waals surface area contributed by atoms with E-state index in [-0.39, 0.29) is 5.56 Å². The molecule has 0 aromatic heterocycles. The third-order valence-corrected chi connectivity index (χ3v) is 1.74. The molecule has 0 heterocycles. The van der Waals surface area contributed by atoms with Gasteiger partial charge in [-0.05, 0) is 12.1 Å². The van der Waals surface area contributed by atoms with Crippen LogP contribution in [0.3, 0.4) is 0 Å². The Morgan fingerprint density at radius 2 is 1.87 bits per heavy atom. The highest BCUT2D eigenvalue weighted by atomic mass is 32.3. The van der Waals surface area contributed by atoms with E-state index in [1.54, 1.807) is 0 Å². The van der Waals surface area contributed by atoms with Gasteiger partial charge in [0, 0.05) is 6.07 Å². The summed E-state index contributed by atoms with van der Waals surface area (Å²) in [5.74, 6) is -2.35. The number of carboxylic acids is 1. The van der Waals surface area contributed by atoms with E-state index in [9.17, 15) is 13.2 Å². The van der Waals surface area contributed by atoms with Crippen LogP contribution in [0.2, 0.25) is 0 Å². The van der Waals surface area contributed by atoms with Crippen molar-refractivity contribution < 1.29 is 32.2 Å². The molecule has 0 unspecified atom stereocenters. The number of carbonyl (C=O) groups is 1. The molecule has 0 spiro atoms. The predicted octanol–water partition coefficient (Wildman–Crippen LogP) is 0.272. The molecule has 0 saturated heterocycles. The van der Waals surface area contributed by atoms with E-state index in [4.69, 9.17) is 14.8 Å². The molecule has 8 heteroatoms. The Bertz CT molecular complexity index is 490. The average molecular weight is 234 g/mol. The third-order valence-electron chi connectivity index (χ3n) is 1.34. The van der Waals surface area contributed by atoms with Gasteiger partial charge < -0.3 is 14.4 Å². The molecule has 0 saturated carbocycles. The molecule has 0 radical (unpaired) electrons. The summed E-state index contributed by atoms with van der Waals surface area (Å²) in [6.45, 7) is 0. The van der Waals surface area contributed by atoms with Crippen LogP contribution in [-0.2, 0) is 10.4 Å². The number of hydrogen-bond acceptors (Lipinski definition) is 5. The van der Waals surface area contributed by atoms with Crippen LogP contribution in [0.15, 0.2) is 18.2 Å². The van der Waals surface area contributed by atoms with Crippen LogP contribution in [-0.4, -0.2) is 29.2 Å². The minimum atomic E-state index is -4.74. The van der Waals surface area contributed by atoms with Gasteiger partial charge in [-0.2, -0.15) is 8.42 Å². The number of rotatable bonds is 3. The van der Waals surface area contributed by atoms with Crippen molar-refractivity contribution in [2.75, 3.05) is 0 Å². The van der Waals surface area contributed by atoms with Crippen LogP contribution >= 0.6 is 0 Å². The molecule has 1 rings (SSSR count). The van der Waals surface area contributed by atoms with Crippen molar-refractivity contribution in [2.24, 2.45) is 0 Å². The molecule has 1 aromatic carbocycles. The van der Waals surface area contributed by atoms with Gasteiger partial charge in [-0.1, -0.05) is 0 Å². The third kappa shape index (κ3) is 3.44. The van der Waals surface area contributed by atoms with Crippen LogP contribution in [0.25, 0.3) is 0 Å². The van der Waals surface area contributed by atoms with Crippen LogP contribution in [0, 0.1) is 0 Å². The van der Waals surface area contributed by atoms with Gasteiger partial charge in [-0.3, -0.25) is 4.55 Å². The second kappa shape index (κ2) is 3.75. The summed E-state index contributed by atoms with van der Waals surface area (Å²) in [4.78, 5) is 10.5. The lowest BCUT2D eigenvalue weighted by Gasteiger charge is -2.03. The molecule has 7 nitrogen and oxygen atoms in total. The summed E-state index contributed by atoms with van der Waals surface area (Å²) in [6, 6.07) is 2.59. The second-order valence-electron chi connectivity index (χ2n) is 2.53. The Balaban J connectivity index is 3.15. The van der Waals surface area contributed by atoms with Crippen molar-refractivity contribution in [3.05, 3.63) is 23.8 Å². The average Bonchev–Trinajstić information content (AvgIpc) is 1.99. The summed E-state index contributed by atoms with van der Waals surface area (Å²) < 4.78 is 32.9. The first-order valence-electron chi connectivity index (χ1n) is 3.52. The maximum absolute atomic E-state index is 10.5. The highest BCUT2D eigenvalue weighted by Gasteiger charge is 2.12. The molecule has 82 valence electrons. The summed E-state index contributed by atoms with van der Waals surface area (Å²) in [7, 11) is -4.74. The lowest BCUT2D eigenvalue weighted by Crippen LogP contribution is -2.07. The van der Waals surface area contributed by atoms with Gasteiger partial charge in [0.15, 0.2) is 0 Å². The molecular weight excluding hydrogens is 228 g/mol. The van der Waals surface area contributed by atoms with Gasteiger partial charge in [-0.15, -0.1) is 0 Å². The smallest absolute Gasteiger partial charge is 0.446 e. The molecule has 3 N–H and O–H groups in total. The Kier molecular flexibility index (Phi) is 2.82. The monoisotopic (exact) mass is 234 g/mol. The molecule has 0 fully saturated rings. The summed E-state index contributed by atoms with van der Waals surface area (Å²) in [5.41, 5.74) is -0.367. The summed E-state index contributed by atoms with van der Waals surface area (Å²) in [6.07, 6.45) is 0. The quantitative estimate of drug-likeness (QED) is 0.641. The van der Waals surface area contributed by atoms with Crippen molar-refractivity contribution >= 4 is 16.4 Å². The van der Waals surface area contributed by atoms with E-state index in [1.807, 2.05) is 0 Å². The molecule has 0 atom stereocenters. The lowest BCUT2D eigenvalue weighted by atomic mass is 10.2. The zero-order valence-electron chi connectivity index (χ0n) is 7.11. The highest BCUT2D eigenvalue weighted by Crippen LogP contribution is 2.22. The number of phenols is 1. The van der Waals surface area contributed by atoms with Crippen molar-refractivity contribution in [3.63, 3.8) is 0 Å². The first-order valence-corrected chi connectivity index (χ1v) is 4.89. The number of benzene rings is 1. The van der Waals surface area contributed by atoms with Crippen LogP contribution in [0.5, 0.6) is 11.5 Å². The summed E-state index contributed by atoms with van der Waals surface area (Å²) in [5, 5.41) is 17.6. The molecule has 0 aliphatic heterocycles. The number of aromatic hydroxyl groups is 1. The molecule has 0 aliphatic rings. The molecule has 1 aromatic rings. The number of hydrogen-bond donors (Lipinski definition) is 3. The lowest BCUT2D eigenvalue weighted by molar-refractivity contribution is 0.0696. The van der Waals surface area contributed by atoms with Crippen molar-refractivity contribution in [1.82, 2.24) is 0 Å². The largest absolute Gasteiger partial charge is 0.508 e. The van der Waals surface area contributed by atoms with Crippen LogP contribution < -0.4 is 4.18 Å². The second-order valence-corrected chi connectivity index (χ2v) is 3.55. The van der Waals surface area contributed by atoms with Gasteiger partial charge in [0.1, 0.15) is 11.5 Å². The Morgan fingerprint density at radius 3 is 2.33 bits per heavy atom. The van der Waals surface area contributed by atoms with Crippen molar-refractivity contribution in [2.45, 2.75) is 0 Å². The van der Waals surface area contributed by atoms with Gasteiger partial charge >= 0.3 is 16.4 Å². The van der Waals surface area contributed by atoms with E-state index in [2.05, 4.69) is 4.18 Å². The predicted molar refractivity (Wildman–Crippen MR) is 47.2 cm³/mol. The Morgan fingerprint density at radius 1 is 1.27 bits per heavy atom. The molecule has 0 aliphatic carbocycles. The number of aromatic carboxylic acids is 1. The zero-order valence-corrected chi connectivity index (χ0v) is 7.93. The topological polar surface area (TPSA) is 121 Å². The standard InChI is InChI=1S/C7H6O7S/c8-5-1-4(7(9)10)2-6(3-5)14-15(11,12)13/h1-3,8H,(H,9,10)(H,11,12,13). The van der Waals surface area contributed by atoms with Gasteiger partial charge in [-0.25, -0.2) is 4.79 Å². The fourth-order valence-corrected chi connectivity index (χ4v) is 1.22. The van der Waals surface area contributed by atoms with Gasteiger partial charge in [0.2, 0.25) is 0 Å². The molecule has 0 bridgehead atoms. The maximum Gasteiger partial charge on any atom is 0.446 e. The highest BCUT2D eigenvalue weighted by molar-refractivity contribution is 7.81. The molecule has 15 heavy (non-hydrogen) atoms. The van der Waals surface area contributed by atoms with E-state index in [1.165, 1.54) is 0 Å². The zero-order chi connectivity index (χ0) is 11.6. The maximum atomic E-state index is 10.5. The van der Waals surface area contributed by atoms with E-state index in [0.717, 1.165) is 18.2 Å². The Hall–Kier alpha value is -1.80. The van der Waals surface area contributed by atoms with Crippen LogP contribution in [0.1, 0.15) is 10.4 Å². The minimum Gasteiger partial charge on any atom is -0.508 e. The van der Waals surface area contributed by atoms with E-state index < -0.39 is 27.9 Å². The van der Waals surface area contributed by atoms with Crippen molar-refractivity contribution in [3.8, 4) is 11.5 Å². The van der Waals surface area contributed by atoms with E-state index in [0.29, 0.717) is 0 Å². The molecule has 0 amide bonds. The van der Waals surface area contributed by atoms with Gasteiger partial charge in [0.05, 0.1) is 5.56 Å². The first-order chi connectivity index (χ1) is 6.78. The molecular formula is C7H6O7S. The fourth-order valence-electron chi connectivity index (χ4n) is 0.877. The van der Waals surface area contributed by atoms with Gasteiger partial charge in [0.25, 0.3) is 0 Å². The van der Waals surface area contributed by atoms with E-state index >= 15 is 0 Å². The fraction of sp³-hybridized carbons (Fsp3) is 0. The Labute approximate surface area is 84.5 Å². The van der Waals surface area contributed by atoms with Crippen molar-refractivity contribution in [1.29, 1.82) is 0 Å². The minimum absolute atomic E-state index is 0.367. The SMILES string of the molecule is O=C(O)c1cc(O)cc(OS(=O)(=O)O)c1.